The van der Waals surface area contributed by atoms with E-state index in [-0.39, 0.29) is 23.2 Å². The number of benzene rings is 2. The Morgan fingerprint density at radius 3 is 2.65 bits per heavy atom. The fourth-order valence-corrected chi connectivity index (χ4v) is 5.47. The quantitative estimate of drug-likeness (QED) is 0.362. The lowest BCUT2D eigenvalue weighted by Gasteiger charge is -2.42. The molecule has 2 N–H and O–H groups in total. The van der Waals surface area contributed by atoms with Gasteiger partial charge < -0.3 is 20.2 Å². The van der Waals surface area contributed by atoms with Gasteiger partial charge in [-0.25, -0.2) is 9.78 Å². The number of pyridine rings is 1. The molecule has 9 heteroatoms. The molecule has 0 amide bonds. The smallest absolute Gasteiger partial charge is 0.337 e. The van der Waals surface area contributed by atoms with E-state index in [9.17, 15) is 20.0 Å². The summed E-state index contributed by atoms with van der Waals surface area (Å²) in [6.07, 6.45) is 1.80. The van der Waals surface area contributed by atoms with Crippen LogP contribution in [0, 0.1) is 25.2 Å². The van der Waals surface area contributed by atoms with Crippen molar-refractivity contribution in [3.8, 4) is 6.07 Å². The van der Waals surface area contributed by atoms with Crippen LogP contribution in [0.15, 0.2) is 65.6 Å². The molecule has 1 fully saturated rings. The molecule has 2 aromatic carbocycles. The van der Waals surface area contributed by atoms with Gasteiger partial charge in [0.25, 0.3) is 5.56 Å². The second kappa shape index (κ2) is 10.7. The summed E-state index contributed by atoms with van der Waals surface area (Å²) in [5.41, 5.74) is 5.02. The molecular formula is C31H32N6O3. The number of carbonyl (C=O) groups is 1. The maximum atomic E-state index is 13.6. The van der Waals surface area contributed by atoms with Gasteiger partial charge in [0.2, 0.25) is 0 Å². The van der Waals surface area contributed by atoms with Crippen molar-refractivity contribution < 1.29 is 9.90 Å². The Balaban J connectivity index is 1.51. The average Bonchev–Trinajstić information content (AvgIpc) is 2.95. The second-order valence-corrected chi connectivity index (χ2v) is 10.4. The Bertz CT molecular complexity index is 1710. The van der Waals surface area contributed by atoms with Crippen molar-refractivity contribution in [3.63, 3.8) is 0 Å². The number of hydrogen-bond acceptors (Lipinski definition) is 7. The summed E-state index contributed by atoms with van der Waals surface area (Å²) in [4.78, 5) is 34.9. The van der Waals surface area contributed by atoms with E-state index in [1.165, 1.54) is 0 Å². The van der Waals surface area contributed by atoms with E-state index in [2.05, 4.69) is 28.1 Å². The summed E-state index contributed by atoms with van der Waals surface area (Å²) in [6.45, 7) is 9.92. The summed E-state index contributed by atoms with van der Waals surface area (Å²) in [7, 11) is 0. The normalized spacial score (nSPS) is 16.0. The molecule has 0 radical (unpaired) electrons. The molecule has 204 valence electrons. The Hall–Kier alpha value is -4.84. The fourth-order valence-electron chi connectivity index (χ4n) is 5.47. The number of nitriles is 1. The summed E-state index contributed by atoms with van der Waals surface area (Å²) in [5.74, 6) is -0.352. The minimum Gasteiger partial charge on any atom is -0.478 e. The first-order valence-electron chi connectivity index (χ1n) is 13.3. The van der Waals surface area contributed by atoms with Crippen LogP contribution in [0.1, 0.15) is 52.5 Å². The van der Waals surface area contributed by atoms with Gasteiger partial charge in [0.1, 0.15) is 11.5 Å². The predicted molar refractivity (Wildman–Crippen MR) is 157 cm³/mol. The maximum Gasteiger partial charge on any atom is 0.337 e. The summed E-state index contributed by atoms with van der Waals surface area (Å²) >= 11 is 0. The molecule has 9 nitrogen and oxygen atoms in total. The van der Waals surface area contributed by atoms with Crippen molar-refractivity contribution in [3.05, 3.63) is 99.0 Å². The Kier molecular flexibility index (Phi) is 7.18. The number of fused-ring (bicyclic) bond motifs is 1. The fraction of sp³-hybridized carbons (Fsp3) is 0.290. The van der Waals surface area contributed by atoms with Gasteiger partial charge in [-0.2, -0.15) is 5.26 Å². The van der Waals surface area contributed by atoms with Gasteiger partial charge in [-0.1, -0.05) is 18.2 Å². The zero-order valence-electron chi connectivity index (χ0n) is 23.0. The first-order chi connectivity index (χ1) is 19.2. The lowest BCUT2D eigenvalue weighted by molar-refractivity contribution is 0.0698. The van der Waals surface area contributed by atoms with Crippen LogP contribution in [-0.2, 0) is 0 Å². The van der Waals surface area contributed by atoms with Crippen LogP contribution in [0.2, 0.25) is 0 Å². The van der Waals surface area contributed by atoms with Gasteiger partial charge in [-0.05, 0) is 69.7 Å². The van der Waals surface area contributed by atoms with E-state index < -0.39 is 5.97 Å². The van der Waals surface area contributed by atoms with Crippen molar-refractivity contribution in [2.24, 2.45) is 0 Å². The first-order valence-corrected chi connectivity index (χ1v) is 13.3. The third kappa shape index (κ3) is 4.96. The van der Waals surface area contributed by atoms with Crippen LogP contribution < -0.4 is 20.7 Å². The van der Waals surface area contributed by atoms with Crippen molar-refractivity contribution in [2.45, 2.75) is 39.8 Å². The SMILES string of the molecule is Cc1cc([C@@H](C)Nc2ccccc2C(=O)O)c2nc(N3CCN(c4cccc(C#N)c4)C[C@H]3C)c(C)c(=O)n2c1. The number of carboxylic acids is 1. The number of para-hydroxylation sites is 1. The number of aryl methyl sites for hydroxylation is 1. The molecule has 1 aliphatic heterocycles. The molecule has 0 unspecified atom stereocenters. The minimum absolute atomic E-state index is 0.0689. The van der Waals surface area contributed by atoms with Gasteiger partial charge in [-0.15, -0.1) is 0 Å². The molecule has 40 heavy (non-hydrogen) atoms. The number of carboxylic acid groups (broad SMARTS) is 1. The standard InChI is InChI=1S/C31H32N6O3/c1-19-14-26(22(4)33-27-11-6-5-10-25(27)31(39)40)29-34-28(21(3)30(38)37(29)17-19)36-13-12-35(18-20(36)2)24-9-7-8-23(15-24)16-32/h5-11,14-15,17,20,22,33H,12-13,18H2,1-4H3,(H,39,40)/t20-,22-/m1/s1. The van der Waals surface area contributed by atoms with Crippen LogP contribution in [0.4, 0.5) is 17.2 Å². The largest absolute Gasteiger partial charge is 0.478 e. The van der Waals surface area contributed by atoms with Gasteiger partial charge in [-0.3, -0.25) is 9.20 Å². The number of aromatic carboxylic acids is 1. The lowest BCUT2D eigenvalue weighted by Crippen LogP contribution is -2.53. The van der Waals surface area contributed by atoms with Crippen LogP contribution >= 0.6 is 0 Å². The van der Waals surface area contributed by atoms with Crippen molar-refractivity contribution >= 4 is 28.8 Å². The number of nitrogens with one attached hydrogen (secondary N) is 1. The van der Waals surface area contributed by atoms with E-state index in [1.54, 1.807) is 40.9 Å². The second-order valence-electron chi connectivity index (χ2n) is 10.4. The number of rotatable bonds is 6. The Labute approximate surface area is 232 Å². The predicted octanol–water partition coefficient (Wildman–Crippen LogP) is 4.77. The molecule has 0 saturated carbocycles. The van der Waals surface area contributed by atoms with E-state index in [4.69, 9.17) is 4.98 Å². The van der Waals surface area contributed by atoms with Crippen LogP contribution in [0.5, 0.6) is 0 Å². The van der Waals surface area contributed by atoms with Gasteiger partial charge in [0.15, 0.2) is 0 Å². The lowest BCUT2D eigenvalue weighted by atomic mass is 10.1. The summed E-state index contributed by atoms with van der Waals surface area (Å²) in [6, 6.07) is 18.3. The monoisotopic (exact) mass is 536 g/mol. The van der Waals surface area contributed by atoms with E-state index >= 15 is 0 Å². The highest BCUT2D eigenvalue weighted by Crippen LogP contribution is 2.29. The first kappa shape index (κ1) is 26.8. The molecular weight excluding hydrogens is 504 g/mol. The van der Waals surface area contributed by atoms with E-state index in [0.717, 1.165) is 29.9 Å². The molecule has 0 aliphatic carbocycles. The van der Waals surface area contributed by atoms with Gasteiger partial charge >= 0.3 is 5.97 Å². The molecule has 1 aliphatic rings. The molecule has 0 spiro atoms. The third-order valence-corrected chi connectivity index (χ3v) is 7.53. The third-order valence-electron chi connectivity index (χ3n) is 7.53. The van der Waals surface area contributed by atoms with Crippen molar-refractivity contribution in [1.29, 1.82) is 5.26 Å². The van der Waals surface area contributed by atoms with Crippen molar-refractivity contribution in [2.75, 3.05) is 34.8 Å². The molecule has 1 saturated heterocycles. The highest BCUT2D eigenvalue weighted by Gasteiger charge is 2.28. The van der Waals surface area contributed by atoms with Gasteiger partial charge in [0.05, 0.1) is 28.8 Å². The number of aromatic nitrogens is 2. The number of hydrogen-bond donors (Lipinski definition) is 2. The van der Waals surface area contributed by atoms with Gasteiger partial charge in [0, 0.05) is 48.8 Å². The molecule has 4 aromatic rings. The minimum atomic E-state index is -1.01. The molecule has 2 atom stereocenters. The van der Waals surface area contributed by atoms with E-state index in [0.29, 0.717) is 34.8 Å². The summed E-state index contributed by atoms with van der Waals surface area (Å²) in [5, 5.41) is 22.3. The number of piperazine rings is 1. The topological polar surface area (TPSA) is 114 Å². The maximum absolute atomic E-state index is 13.6. The average molecular weight is 537 g/mol. The number of nitrogens with zero attached hydrogens (tertiary/aromatic N) is 5. The number of anilines is 3. The highest BCUT2D eigenvalue weighted by atomic mass is 16.4. The van der Waals surface area contributed by atoms with Crippen LogP contribution in [0.3, 0.4) is 0 Å². The summed E-state index contributed by atoms with van der Waals surface area (Å²) < 4.78 is 1.60. The Morgan fingerprint density at radius 1 is 1.15 bits per heavy atom. The zero-order chi connectivity index (χ0) is 28.6. The highest BCUT2D eigenvalue weighted by molar-refractivity contribution is 5.94. The van der Waals surface area contributed by atoms with Crippen LogP contribution in [0.25, 0.3) is 5.65 Å². The molecule has 2 aromatic heterocycles. The Morgan fingerprint density at radius 2 is 1.93 bits per heavy atom. The molecule has 0 bridgehead atoms. The zero-order valence-corrected chi connectivity index (χ0v) is 23.0. The molecule has 3 heterocycles. The van der Waals surface area contributed by atoms with E-state index in [1.807, 2.05) is 45.0 Å². The van der Waals surface area contributed by atoms with Crippen LogP contribution in [-0.4, -0.2) is 46.1 Å². The van der Waals surface area contributed by atoms with Crippen molar-refractivity contribution in [1.82, 2.24) is 9.38 Å². The molecule has 5 rings (SSSR count).